The molecular formula is C22H25N3O2. The predicted molar refractivity (Wildman–Crippen MR) is 107 cm³/mol. The van der Waals surface area contributed by atoms with Crippen LogP contribution in [-0.2, 0) is 17.6 Å². The first-order valence-corrected chi connectivity index (χ1v) is 9.44. The number of benzene rings is 2. The summed E-state index contributed by atoms with van der Waals surface area (Å²) in [5.74, 6) is 0. The molecule has 0 saturated carbocycles. The van der Waals surface area contributed by atoms with E-state index >= 15 is 0 Å². The standard InChI is InChI=1S/C22H25N3O2/c1-22(2,3)27-21(26)25-13-11-18-19(12-14-25)23-24-20(18)17-10-6-8-15-7-4-5-9-16(15)17/h4-10H,11-14H2,1-3H3,(H,23,24). The molecule has 0 aliphatic carbocycles. The smallest absolute Gasteiger partial charge is 0.410 e. The zero-order chi connectivity index (χ0) is 19.0. The minimum Gasteiger partial charge on any atom is -0.444 e. The Labute approximate surface area is 159 Å². The number of aromatic amines is 1. The second-order valence-electron chi connectivity index (χ2n) is 8.02. The first-order valence-electron chi connectivity index (χ1n) is 9.44. The van der Waals surface area contributed by atoms with Gasteiger partial charge in [0.05, 0.1) is 5.69 Å². The second kappa shape index (κ2) is 6.72. The fourth-order valence-corrected chi connectivity index (χ4v) is 3.65. The Bertz CT molecular complexity index is 979. The van der Waals surface area contributed by atoms with E-state index in [2.05, 4.69) is 52.7 Å². The highest BCUT2D eigenvalue weighted by atomic mass is 16.6. The Morgan fingerprint density at radius 1 is 1.07 bits per heavy atom. The minimum atomic E-state index is -0.479. The molecular weight excluding hydrogens is 338 g/mol. The molecule has 3 aromatic rings. The molecule has 1 N–H and O–H groups in total. The van der Waals surface area contributed by atoms with Crippen LogP contribution >= 0.6 is 0 Å². The third kappa shape index (κ3) is 3.54. The van der Waals surface area contributed by atoms with Crippen molar-refractivity contribution >= 4 is 16.9 Å². The minimum absolute atomic E-state index is 0.243. The molecule has 0 unspecified atom stereocenters. The van der Waals surface area contributed by atoms with Crippen LogP contribution in [0.25, 0.3) is 22.0 Å². The molecule has 1 aromatic heterocycles. The van der Waals surface area contributed by atoms with Crippen molar-refractivity contribution in [3.63, 3.8) is 0 Å². The van der Waals surface area contributed by atoms with E-state index in [1.54, 1.807) is 4.90 Å². The highest BCUT2D eigenvalue weighted by Crippen LogP contribution is 2.32. The van der Waals surface area contributed by atoms with E-state index in [9.17, 15) is 4.79 Å². The van der Waals surface area contributed by atoms with Gasteiger partial charge in [0.2, 0.25) is 0 Å². The van der Waals surface area contributed by atoms with Crippen LogP contribution in [-0.4, -0.2) is 39.9 Å². The fourth-order valence-electron chi connectivity index (χ4n) is 3.65. The van der Waals surface area contributed by atoms with Gasteiger partial charge in [-0.3, -0.25) is 5.10 Å². The molecule has 140 valence electrons. The van der Waals surface area contributed by atoms with Crippen LogP contribution in [0.1, 0.15) is 32.0 Å². The summed E-state index contributed by atoms with van der Waals surface area (Å²) in [6.07, 6.45) is 1.28. The summed E-state index contributed by atoms with van der Waals surface area (Å²) in [6.45, 7) is 6.97. The molecule has 5 heteroatoms. The van der Waals surface area contributed by atoms with Crippen LogP contribution < -0.4 is 0 Å². The number of carbonyl (C=O) groups excluding carboxylic acids is 1. The van der Waals surface area contributed by atoms with E-state index in [4.69, 9.17) is 4.74 Å². The Kier molecular flexibility index (Phi) is 4.38. The van der Waals surface area contributed by atoms with Crippen LogP contribution in [0.15, 0.2) is 42.5 Å². The van der Waals surface area contributed by atoms with Crippen molar-refractivity contribution in [3.8, 4) is 11.3 Å². The number of fused-ring (bicyclic) bond motifs is 2. The average Bonchev–Trinajstić information content (AvgIpc) is 2.90. The monoisotopic (exact) mass is 363 g/mol. The van der Waals surface area contributed by atoms with Crippen molar-refractivity contribution < 1.29 is 9.53 Å². The number of amides is 1. The molecule has 0 spiro atoms. The Hall–Kier alpha value is -2.82. The van der Waals surface area contributed by atoms with Crippen molar-refractivity contribution in [2.24, 2.45) is 0 Å². The van der Waals surface area contributed by atoms with Gasteiger partial charge in [0.25, 0.3) is 0 Å². The molecule has 0 atom stereocenters. The maximum Gasteiger partial charge on any atom is 0.410 e. The zero-order valence-electron chi connectivity index (χ0n) is 16.1. The zero-order valence-corrected chi connectivity index (χ0v) is 16.1. The van der Waals surface area contributed by atoms with Gasteiger partial charge in [-0.2, -0.15) is 5.10 Å². The average molecular weight is 363 g/mol. The third-order valence-electron chi connectivity index (χ3n) is 4.91. The van der Waals surface area contributed by atoms with Gasteiger partial charge >= 0.3 is 6.09 Å². The Morgan fingerprint density at radius 2 is 1.81 bits per heavy atom. The number of rotatable bonds is 1. The van der Waals surface area contributed by atoms with Crippen LogP contribution in [0.5, 0.6) is 0 Å². The van der Waals surface area contributed by atoms with E-state index in [-0.39, 0.29) is 6.09 Å². The van der Waals surface area contributed by atoms with Crippen molar-refractivity contribution in [3.05, 3.63) is 53.7 Å². The van der Waals surface area contributed by atoms with Crippen LogP contribution in [0.2, 0.25) is 0 Å². The summed E-state index contributed by atoms with van der Waals surface area (Å²) < 4.78 is 5.54. The van der Waals surface area contributed by atoms with Gasteiger partial charge in [-0.1, -0.05) is 42.5 Å². The van der Waals surface area contributed by atoms with Crippen LogP contribution in [0, 0.1) is 0 Å². The quantitative estimate of drug-likeness (QED) is 0.689. The first kappa shape index (κ1) is 17.6. The van der Waals surface area contributed by atoms with E-state index < -0.39 is 5.60 Å². The van der Waals surface area contributed by atoms with Crippen molar-refractivity contribution in [1.82, 2.24) is 15.1 Å². The van der Waals surface area contributed by atoms with Gasteiger partial charge in [0, 0.05) is 36.3 Å². The Balaban J connectivity index is 1.63. The summed E-state index contributed by atoms with van der Waals surface area (Å²) in [5, 5.41) is 10.2. The highest BCUT2D eigenvalue weighted by Gasteiger charge is 2.26. The van der Waals surface area contributed by atoms with Gasteiger partial charge in [-0.15, -0.1) is 0 Å². The van der Waals surface area contributed by atoms with E-state index in [1.165, 1.54) is 16.3 Å². The van der Waals surface area contributed by atoms with Crippen LogP contribution in [0.4, 0.5) is 4.79 Å². The summed E-state index contributed by atoms with van der Waals surface area (Å²) in [5.41, 5.74) is 3.97. The first-order chi connectivity index (χ1) is 12.9. The van der Waals surface area contributed by atoms with Crippen molar-refractivity contribution in [2.75, 3.05) is 13.1 Å². The molecule has 0 radical (unpaired) electrons. The number of hydrogen-bond acceptors (Lipinski definition) is 3. The SMILES string of the molecule is CC(C)(C)OC(=O)N1CCc2[nH]nc(-c3cccc4ccccc34)c2CC1. The maximum atomic E-state index is 12.4. The highest BCUT2D eigenvalue weighted by molar-refractivity contribution is 5.96. The molecule has 1 aliphatic heterocycles. The van der Waals surface area contributed by atoms with Gasteiger partial charge < -0.3 is 9.64 Å². The number of H-pyrrole nitrogens is 1. The molecule has 27 heavy (non-hydrogen) atoms. The molecule has 2 aromatic carbocycles. The normalized spacial score (nSPS) is 14.7. The predicted octanol–water partition coefficient (Wildman–Crippen LogP) is 4.57. The number of nitrogens with one attached hydrogen (secondary N) is 1. The molecule has 2 heterocycles. The summed E-state index contributed by atoms with van der Waals surface area (Å²) >= 11 is 0. The van der Waals surface area contributed by atoms with E-state index in [1.807, 2.05) is 20.8 Å². The van der Waals surface area contributed by atoms with Crippen molar-refractivity contribution in [1.29, 1.82) is 0 Å². The lowest BCUT2D eigenvalue weighted by Crippen LogP contribution is -2.38. The molecule has 1 aliphatic rings. The molecule has 4 rings (SSSR count). The molecule has 5 nitrogen and oxygen atoms in total. The van der Waals surface area contributed by atoms with Gasteiger partial charge in [0.15, 0.2) is 0 Å². The lowest BCUT2D eigenvalue weighted by Gasteiger charge is -2.26. The molecule has 0 fully saturated rings. The molecule has 0 bridgehead atoms. The number of nitrogens with zero attached hydrogens (tertiary/aromatic N) is 2. The Morgan fingerprint density at radius 3 is 2.63 bits per heavy atom. The number of carbonyl (C=O) groups is 1. The van der Waals surface area contributed by atoms with Crippen molar-refractivity contribution in [2.45, 2.75) is 39.2 Å². The van der Waals surface area contributed by atoms with E-state index in [0.717, 1.165) is 29.8 Å². The van der Waals surface area contributed by atoms with Gasteiger partial charge in [0.1, 0.15) is 5.60 Å². The number of hydrogen-bond donors (Lipinski definition) is 1. The van der Waals surface area contributed by atoms with E-state index in [0.29, 0.717) is 13.1 Å². The maximum absolute atomic E-state index is 12.4. The fraction of sp³-hybridized carbons (Fsp3) is 0.364. The largest absolute Gasteiger partial charge is 0.444 e. The topological polar surface area (TPSA) is 58.2 Å². The second-order valence-corrected chi connectivity index (χ2v) is 8.02. The summed E-state index contributed by atoms with van der Waals surface area (Å²) in [4.78, 5) is 14.2. The number of ether oxygens (including phenoxy) is 1. The summed E-state index contributed by atoms with van der Waals surface area (Å²) in [7, 11) is 0. The molecule has 1 amide bonds. The third-order valence-corrected chi connectivity index (χ3v) is 4.91. The van der Waals surface area contributed by atoms with Gasteiger partial charge in [-0.05, 0) is 38.0 Å². The van der Waals surface area contributed by atoms with Gasteiger partial charge in [-0.25, -0.2) is 4.79 Å². The summed E-state index contributed by atoms with van der Waals surface area (Å²) in [6, 6.07) is 14.7. The lowest BCUT2D eigenvalue weighted by atomic mass is 9.97. The number of aromatic nitrogens is 2. The lowest BCUT2D eigenvalue weighted by molar-refractivity contribution is 0.0258. The van der Waals surface area contributed by atoms with Crippen LogP contribution in [0.3, 0.4) is 0 Å². The molecule has 0 saturated heterocycles.